The van der Waals surface area contributed by atoms with Crippen LogP contribution >= 0.6 is 0 Å². The Morgan fingerprint density at radius 2 is 1.55 bits per heavy atom. The van der Waals surface area contributed by atoms with Crippen LogP contribution in [0.15, 0.2) is 10.3 Å². The molecule has 0 atom stereocenters. The molecular formula is C6H8N2O3. The van der Waals surface area contributed by atoms with Crippen molar-refractivity contribution in [2.45, 2.75) is 19.3 Å². The first-order chi connectivity index (χ1) is 5.29. The molecule has 0 saturated heterocycles. The van der Waals surface area contributed by atoms with E-state index in [1.165, 1.54) is 0 Å². The second kappa shape index (κ2) is 3.14. The van der Waals surface area contributed by atoms with Crippen molar-refractivity contribution < 1.29 is 15.2 Å². The highest BCUT2D eigenvalue weighted by molar-refractivity contribution is 6.67. The van der Waals surface area contributed by atoms with Gasteiger partial charge in [0.05, 0.1) is 0 Å². The highest BCUT2D eigenvalue weighted by atomic mass is 16.4. The van der Waals surface area contributed by atoms with Gasteiger partial charge in [0.2, 0.25) is 5.78 Å². The molecular weight excluding hydrogens is 148 g/mol. The van der Waals surface area contributed by atoms with Crippen LogP contribution in [0.5, 0.6) is 0 Å². The van der Waals surface area contributed by atoms with Crippen molar-refractivity contribution in [3.8, 4) is 0 Å². The van der Waals surface area contributed by atoms with Crippen LogP contribution in [0.2, 0.25) is 0 Å². The van der Waals surface area contributed by atoms with E-state index in [1.54, 1.807) is 0 Å². The van der Waals surface area contributed by atoms with Gasteiger partial charge in [0.25, 0.3) is 0 Å². The number of nitrogens with zero attached hydrogens (tertiary/aromatic N) is 2. The molecule has 11 heavy (non-hydrogen) atoms. The number of hydrogen-bond acceptors (Lipinski definition) is 5. The molecule has 0 unspecified atom stereocenters. The summed E-state index contributed by atoms with van der Waals surface area (Å²) in [6, 6.07) is 0. The summed E-state index contributed by atoms with van der Waals surface area (Å²) >= 11 is 0. The highest BCUT2D eigenvalue weighted by Gasteiger charge is 2.24. The highest BCUT2D eigenvalue weighted by Crippen LogP contribution is 2.09. The van der Waals surface area contributed by atoms with Crippen molar-refractivity contribution in [1.82, 2.24) is 0 Å². The lowest BCUT2D eigenvalue weighted by Crippen LogP contribution is -2.28. The van der Waals surface area contributed by atoms with E-state index in [-0.39, 0.29) is 11.4 Å². The molecule has 0 aromatic rings. The third kappa shape index (κ3) is 1.36. The predicted molar refractivity (Wildman–Crippen MR) is 37.3 cm³/mol. The fourth-order valence-corrected chi connectivity index (χ4v) is 1.01. The van der Waals surface area contributed by atoms with Gasteiger partial charge in [0, 0.05) is 0 Å². The Bertz CT molecular complexity index is 210. The van der Waals surface area contributed by atoms with Gasteiger partial charge in [0.15, 0.2) is 0 Å². The summed E-state index contributed by atoms with van der Waals surface area (Å²) in [5.74, 6) is -0.457. The maximum atomic E-state index is 11.0. The zero-order chi connectivity index (χ0) is 8.27. The Balaban J connectivity index is 2.84. The smallest absolute Gasteiger partial charge is 0.228 e. The lowest BCUT2D eigenvalue weighted by Gasteiger charge is -2.09. The van der Waals surface area contributed by atoms with Gasteiger partial charge >= 0.3 is 0 Å². The van der Waals surface area contributed by atoms with E-state index in [0.29, 0.717) is 19.3 Å². The SMILES string of the molecule is O=C1/C(=N\O)CCC/C1=N\O. The molecule has 1 aliphatic rings. The predicted octanol–water partition coefficient (Wildman–Crippen LogP) is 0.400. The lowest BCUT2D eigenvalue weighted by molar-refractivity contribution is -0.108. The first-order valence-electron chi connectivity index (χ1n) is 3.26. The van der Waals surface area contributed by atoms with Crippen molar-refractivity contribution in [3.05, 3.63) is 0 Å². The third-order valence-electron chi connectivity index (χ3n) is 1.59. The van der Waals surface area contributed by atoms with Gasteiger partial charge < -0.3 is 10.4 Å². The molecule has 5 heteroatoms. The van der Waals surface area contributed by atoms with Gasteiger partial charge in [-0.25, -0.2) is 0 Å². The molecule has 0 aromatic carbocycles. The van der Waals surface area contributed by atoms with E-state index < -0.39 is 5.78 Å². The molecule has 1 aliphatic carbocycles. The molecule has 0 heterocycles. The average molecular weight is 156 g/mol. The van der Waals surface area contributed by atoms with Crippen LogP contribution in [-0.2, 0) is 4.79 Å². The minimum atomic E-state index is -0.457. The number of ketones is 1. The Hall–Kier alpha value is -1.39. The van der Waals surface area contributed by atoms with Gasteiger partial charge in [-0.05, 0) is 19.3 Å². The van der Waals surface area contributed by atoms with Crippen LogP contribution in [0.1, 0.15) is 19.3 Å². The van der Waals surface area contributed by atoms with E-state index in [0.717, 1.165) is 0 Å². The summed E-state index contributed by atoms with van der Waals surface area (Å²) < 4.78 is 0. The van der Waals surface area contributed by atoms with E-state index in [9.17, 15) is 4.79 Å². The maximum Gasteiger partial charge on any atom is 0.228 e. The Morgan fingerprint density at radius 3 is 1.91 bits per heavy atom. The van der Waals surface area contributed by atoms with Crippen molar-refractivity contribution >= 4 is 17.2 Å². The van der Waals surface area contributed by atoms with Crippen molar-refractivity contribution in [2.24, 2.45) is 10.3 Å². The molecule has 0 spiro atoms. The van der Waals surface area contributed by atoms with Gasteiger partial charge in [0.1, 0.15) is 11.4 Å². The summed E-state index contributed by atoms with van der Waals surface area (Å²) in [7, 11) is 0. The fraction of sp³-hybridized carbons (Fsp3) is 0.500. The second-order valence-electron chi connectivity index (χ2n) is 2.28. The van der Waals surface area contributed by atoms with Crippen LogP contribution in [0.3, 0.4) is 0 Å². The molecule has 1 fully saturated rings. The first-order valence-corrected chi connectivity index (χ1v) is 3.26. The van der Waals surface area contributed by atoms with E-state index >= 15 is 0 Å². The Morgan fingerprint density at radius 1 is 1.09 bits per heavy atom. The van der Waals surface area contributed by atoms with Gasteiger partial charge in [-0.15, -0.1) is 0 Å². The zero-order valence-electron chi connectivity index (χ0n) is 5.82. The minimum absolute atomic E-state index is 0.0732. The van der Waals surface area contributed by atoms with Gasteiger partial charge in [-0.3, -0.25) is 4.79 Å². The van der Waals surface area contributed by atoms with Crippen molar-refractivity contribution in [1.29, 1.82) is 0 Å². The van der Waals surface area contributed by atoms with Gasteiger partial charge in [-0.2, -0.15) is 0 Å². The Labute approximate surface area is 63.0 Å². The molecule has 0 radical (unpaired) electrons. The maximum absolute atomic E-state index is 11.0. The standard InChI is InChI=1S/C6H8N2O3/c9-6-4(7-10)2-1-3-5(6)8-11/h10-11H,1-3H2/b7-4-,8-5+. The molecule has 60 valence electrons. The van der Waals surface area contributed by atoms with E-state index in [4.69, 9.17) is 10.4 Å². The topological polar surface area (TPSA) is 82.2 Å². The van der Waals surface area contributed by atoms with Crippen molar-refractivity contribution in [3.63, 3.8) is 0 Å². The summed E-state index contributed by atoms with van der Waals surface area (Å²) in [4.78, 5) is 11.0. The number of hydrogen-bond donors (Lipinski definition) is 2. The molecule has 1 rings (SSSR count). The molecule has 5 nitrogen and oxygen atoms in total. The number of oxime groups is 2. The summed E-state index contributed by atoms with van der Waals surface area (Å²) in [5.41, 5.74) is 0.146. The van der Waals surface area contributed by atoms with E-state index in [1.807, 2.05) is 0 Å². The molecule has 2 N–H and O–H groups in total. The largest absolute Gasteiger partial charge is 0.411 e. The third-order valence-corrected chi connectivity index (χ3v) is 1.59. The molecule has 0 amide bonds. The van der Waals surface area contributed by atoms with Crippen LogP contribution in [0.4, 0.5) is 0 Å². The Kier molecular flexibility index (Phi) is 2.20. The molecule has 0 bridgehead atoms. The number of carbonyl (C=O) groups excluding carboxylic acids is 1. The summed E-state index contributed by atoms with van der Waals surface area (Å²) in [5, 5.41) is 22.2. The minimum Gasteiger partial charge on any atom is -0.411 e. The molecule has 0 aliphatic heterocycles. The number of Topliss-reactive ketones (excluding diaryl/α,β-unsaturated/α-hetero) is 1. The van der Waals surface area contributed by atoms with Crippen LogP contribution < -0.4 is 0 Å². The first kappa shape index (κ1) is 7.71. The quantitative estimate of drug-likeness (QED) is 0.393. The van der Waals surface area contributed by atoms with Crippen LogP contribution in [-0.4, -0.2) is 27.6 Å². The lowest BCUT2D eigenvalue weighted by atomic mass is 9.95. The van der Waals surface area contributed by atoms with Crippen LogP contribution in [0, 0.1) is 0 Å². The monoisotopic (exact) mass is 156 g/mol. The van der Waals surface area contributed by atoms with Gasteiger partial charge in [-0.1, -0.05) is 10.3 Å². The van der Waals surface area contributed by atoms with Crippen molar-refractivity contribution in [2.75, 3.05) is 0 Å². The number of rotatable bonds is 0. The molecule has 0 aromatic heterocycles. The normalized spacial score (nSPS) is 26.4. The van der Waals surface area contributed by atoms with E-state index in [2.05, 4.69) is 10.3 Å². The summed E-state index contributed by atoms with van der Waals surface area (Å²) in [6.07, 6.45) is 1.59. The second-order valence-corrected chi connectivity index (χ2v) is 2.28. The van der Waals surface area contributed by atoms with Crippen LogP contribution in [0.25, 0.3) is 0 Å². The number of carbonyl (C=O) groups is 1. The molecule has 1 saturated carbocycles. The summed E-state index contributed by atoms with van der Waals surface area (Å²) in [6.45, 7) is 0. The zero-order valence-corrected chi connectivity index (χ0v) is 5.82. The fourth-order valence-electron chi connectivity index (χ4n) is 1.01. The average Bonchev–Trinajstić information content (AvgIpc) is 2.05.